The lowest BCUT2D eigenvalue weighted by molar-refractivity contribution is 0.114. The number of hydrogen-bond acceptors (Lipinski definition) is 5. The number of hydrogen-bond donors (Lipinski definition) is 2. The maximum atomic E-state index is 6.19. The van der Waals surface area contributed by atoms with Crippen LogP contribution in [0.3, 0.4) is 0 Å². The van der Waals surface area contributed by atoms with Crippen molar-refractivity contribution in [1.82, 2.24) is 10.7 Å². The number of rotatable bonds is 8. The number of benzene rings is 2. The maximum absolute atomic E-state index is 6.19. The van der Waals surface area contributed by atoms with Gasteiger partial charge >= 0.3 is 0 Å². The molecule has 1 heterocycles. The SMILES string of the molecule is COc1cc(C=NNC(=S)NCC2CCCO2)ccc1OCc1ccc(Cl)cc1Cl. The molecule has 0 spiro atoms. The number of methoxy groups -OCH3 is 1. The molecular formula is C21H23Cl2N3O3S. The van der Waals surface area contributed by atoms with Crippen molar-refractivity contribution in [2.75, 3.05) is 20.3 Å². The Morgan fingerprint density at radius 3 is 2.87 bits per heavy atom. The first kappa shape index (κ1) is 22.6. The van der Waals surface area contributed by atoms with Gasteiger partial charge in [0.2, 0.25) is 0 Å². The van der Waals surface area contributed by atoms with Crippen LogP contribution in [0.4, 0.5) is 0 Å². The number of ether oxygens (including phenoxy) is 3. The molecule has 2 aromatic carbocycles. The number of halogens is 2. The largest absolute Gasteiger partial charge is 0.493 e. The van der Waals surface area contributed by atoms with Crippen molar-refractivity contribution in [2.45, 2.75) is 25.6 Å². The fourth-order valence-electron chi connectivity index (χ4n) is 2.89. The minimum atomic E-state index is 0.216. The summed E-state index contributed by atoms with van der Waals surface area (Å²) in [5.74, 6) is 1.19. The minimum Gasteiger partial charge on any atom is -0.493 e. The van der Waals surface area contributed by atoms with Crippen molar-refractivity contribution in [3.8, 4) is 11.5 Å². The van der Waals surface area contributed by atoms with E-state index in [2.05, 4.69) is 15.8 Å². The van der Waals surface area contributed by atoms with E-state index in [0.29, 0.717) is 39.8 Å². The van der Waals surface area contributed by atoms with Gasteiger partial charge in [-0.15, -0.1) is 0 Å². The van der Waals surface area contributed by atoms with E-state index >= 15 is 0 Å². The van der Waals surface area contributed by atoms with E-state index < -0.39 is 0 Å². The normalized spacial score (nSPS) is 15.9. The number of hydrazone groups is 1. The van der Waals surface area contributed by atoms with Crippen molar-refractivity contribution < 1.29 is 14.2 Å². The molecule has 1 aliphatic rings. The molecule has 1 unspecified atom stereocenters. The molecule has 1 aliphatic heterocycles. The summed E-state index contributed by atoms with van der Waals surface area (Å²) in [6.07, 6.45) is 4.02. The van der Waals surface area contributed by atoms with Gasteiger partial charge in [0, 0.05) is 28.8 Å². The molecule has 6 nitrogen and oxygen atoms in total. The highest BCUT2D eigenvalue weighted by atomic mass is 35.5. The summed E-state index contributed by atoms with van der Waals surface area (Å²) >= 11 is 17.3. The van der Waals surface area contributed by atoms with Gasteiger partial charge in [-0.05, 0) is 61.0 Å². The average molecular weight is 468 g/mol. The zero-order valence-electron chi connectivity index (χ0n) is 16.5. The predicted molar refractivity (Wildman–Crippen MR) is 124 cm³/mol. The summed E-state index contributed by atoms with van der Waals surface area (Å²) < 4.78 is 16.8. The minimum absolute atomic E-state index is 0.216. The third-order valence-electron chi connectivity index (χ3n) is 4.48. The first-order chi connectivity index (χ1) is 14.5. The predicted octanol–water partition coefficient (Wildman–Crippen LogP) is 4.56. The first-order valence-electron chi connectivity index (χ1n) is 9.48. The van der Waals surface area contributed by atoms with E-state index in [1.807, 2.05) is 24.3 Å². The van der Waals surface area contributed by atoms with Gasteiger partial charge in [0.25, 0.3) is 0 Å². The second-order valence-electron chi connectivity index (χ2n) is 6.65. The van der Waals surface area contributed by atoms with E-state index in [-0.39, 0.29) is 6.10 Å². The van der Waals surface area contributed by atoms with Crippen LogP contribution in [0.25, 0.3) is 0 Å². The quantitative estimate of drug-likeness (QED) is 0.337. The Bertz CT molecular complexity index is 905. The third kappa shape index (κ3) is 6.74. The van der Waals surface area contributed by atoms with Crippen LogP contribution < -0.4 is 20.2 Å². The Hall–Kier alpha value is -2.06. The molecule has 0 amide bonds. The smallest absolute Gasteiger partial charge is 0.187 e. The molecular weight excluding hydrogens is 445 g/mol. The van der Waals surface area contributed by atoms with Crippen molar-refractivity contribution in [1.29, 1.82) is 0 Å². The van der Waals surface area contributed by atoms with Crippen LogP contribution in [0.5, 0.6) is 11.5 Å². The number of thiocarbonyl (C=S) groups is 1. The van der Waals surface area contributed by atoms with Crippen molar-refractivity contribution in [3.05, 3.63) is 57.6 Å². The highest BCUT2D eigenvalue weighted by Gasteiger charge is 2.15. The van der Waals surface area contributed by atoms with Crippen LogP contribution in [0.2, 0.25) is 10.0 Å². The van der Waals surface area contributed by atoms with Crippen molar-refractivity contribution in [2.24, 2.45) is 5.10 Å². The second-order valence-corrected chi connectivity index (χ2v) is 7.90. The summed E-state index contributed by atoms with van der Waals surface area (Å²) in [5.41, 5.74) is 4.47. The second kappa shape index (κ2) is 11.4. The molecule has 0 aromatic heterocycles. The first-order valence-corrected chi connectivity index (χ1v) is 10.6. The van der Waals surface area contributed by atoms with E-state index in [1.165, 1.54) is 0 Å². The van der Waals surface area contributed by atoms with Crippen molar-refractivity contribution >= 4 is 46.7 Å². The molecule has 0 radical (unpaired) electrons. The molecule has 3 rings (SSSR count). The summed E-state index contributed by atoms with van der Waals surface area (Å²) in [6.45, 7) is 1.80. The molecule has 1 fully saturated rings. The molecule has 2 N–H and O–H groups in total. The molecule has 9 heteroatoms. The van der Waals surface area contributed by atoms with Gasteiger partial charge in [-0.3, -0.25) is 5.43 Å². The lowest BCUT2D eigenvalue weighted by atomic mass is 10.2. The van der Waals surface area contributed by atoms with Crippen LogP contribution in [-0.4, -0.2) is 37.7 Å². The monoisotopic (exact) mass is 467 g/mol. The van der Waals surface area contributed by atoms with Crippen LogP contribution in [-0.2, 0) is 11.3 Å². The molecule has 160 valence electrons. The molecule has 0 bridgehead atoms. The lowest BCUT2D eigenvalue weighted by Crippen LogP contribution is -2.37. The Morgan fingerprint density at radius 2 is 2.13 bits per heavy atom. The van der Waals surface area contributed by atoms with Gasteiger partial charge in [0.1, 0.15) is 6.61 Å². The van der Waals surface area contributed by atoms with Crippen LogP contribution >= 0.6 is 35.4 Å². The molecule has 0 aliphatic carbocycles. The molecule has 1 saturated heterocycles. The number of nitrogens with one attached hydrogen (secondary N) is 2. The highest BCUT2D eigenvalue weighted by molar-refractivity contribution is 7.80. The van der Waals surface area contributed by atoms with Gasteiger partial charge in [0.05, 0.1) is 19.4 Å². The summed E-state index contributed by atoms with van der Waals surface area (Å²) in [4.78, 5) is 0. The van der Waals surface area contributed by atoms with Gasteiger partial charge in [-0.25, -0.2) is 0 Å². The van der Waals surface area contributed by atoms with E-state index in [9.17, 15) is 0 Å². The van der Waals surface area contributed by atoms with E-state index in [4.69, 9.17) is 49.6 Å². The van der Waals surface area contributed by atoms with Gasteiger partial charge in [-0.2, -0.15) is 5.10 Å². The number of nitrogens with zero attached hydrogens (tertiary/aromatic N) is 1. The summed E-state index contributed by atoms with van der Waals surface area (Å²) in [5, 5.41) is 8.85. The zero-order chi connectivity index (χ0) is 21.3. The van der Waals surface area contributed by atoms with E-state index in [1.54, 1.807) is 25.5 Å². The van der Waals surface area contributed by atoms with Crippen LogP contribution in [0, 0.1) is 0 Å². The Morgan fingerprint density at radius 1 is 1.27 bits per heavy atom. The highest BCUT2D eigenvalue weighted by Crippen LogP contribution is 2.29. The zero-order valence-corrected chi connectivity index (χ0v) is 18.8. The summed E-state index contributed by atoms with van der Waals surface area (Å²) in [6, 6.07) is 10.8. The van der Waals surface area contributed by atoms with Gasteiger partial charge < -0.3 is 19.5 Å². The maximum Gasteiger partial charge on any atom is 0.187 e. The Labute approximate surface area is 191 Å². The Balaban J connectivity index is 1.52. The topological polar surface area (TPSA) is 64.1 Å². The van der Waals surface area contributed by atoms with Gasteiger partial charge in [0.15, 0.2) is 16.6 Å². The summed E-state index contributed by atoms with van der Waals surface area (Å²) in [7, 11) is 1.58. The fourth-order valence-corrected chi connectivity index (χ4v) is 3.49. The van der Waals surface area contributed by atoms with E-state index in [0.717, 1.165) is 30.6 Å². The lowest BCUT2D eigenvalue weighted by Gasteiger charge is -2.12. The molecule has 0 saturated carbocycles. The molecule has 2 aromatic rings. The molecule has 30 heavy (non-hydrogen) atoms. The van der Waals surface area contributed by atoms with Crippen molar-refractivity contribution in [3.63, 3.8) is 0 Å². The fraction of sp³-hybridized carbons (Fsp3) is 0.333. The average Bonchev–Trinajstić information content (AvgIpc) is 3.26. The van der Waals surface area contributed by atoms with Crippen LogP contribution in [0.1, 0.15) is 24.0 Å². The van der Waals surface area contributed by atoms with Crippen LogP contribution in [0.15, 0.2) is 41.5 Å². The third-order valence-corrected chi connectivity index (χ3v) is 5.30. The standard InChI is InChI=1S/C21H23Cl2N3O3S/c1-27-20-9-14(11-25-26-21(30)24-12-17-3-2-8-28-17)4-7-19(20)29-13-15-5-6-16(22)10-18(15)23/h4-7,9-11,17H,2-3,8,12-13H2,1H3,(H2,24,26,30). The van der Waals surface area contributed by atoms with Gasteiger partial charge in [-0.1, -0.05) is 29.3 Å². The Kier molecular flexibility index (Phi) is 8.57. The molecule has 1 atom stereocenters.